The highest BCUT2D eigenvalue weighted by Gasteiger charge is 2.37. The highest BCUT2D eigenvalue weighted by Crippen LogP contribution is 2.48. The molecule has 1 aliphatic rings. The maximum atomic E-state index is 11.3. The van der Waals surface area contributed by atoms with E-state index in [9.17, 15) is 4.79 Å². The van der Waals surface area contributed by atoms with Gasteiger partial charge < -0.3 is 9.64 Å². The normalized spacial score (nSPS) is 18.9. The number of fused-ring (bicyclic) bond motifs is 1. The Morgan fingerprint density at radius 1 is 1.21 bits per heavy atom. The Morgan fingerprint density at radius 2 is 1.88 bits per heavy atom. The molecule has 0 saturated heterocycles. The lowest BCUT2D eigenvalue weighted by Gasteiger charge is -2.47. The van der Waals surface area contributed by atoms with Crippen LogP contribution in [0.5, 0.6) is 5.75 Å². The second kappa shape index (κ2) is 5.97. The van der Waals surface area contributed by atoms with E-state index in [1.165, 1.54) is 11.3 Å². The van der Waals surface area contributed by atoms with Crippen molar-refractivity contribution in [1.82, 2.24) is 0 Å². The van der Waals surface area contributed by atoms with Gasteiger partial charge in [-0.3, -0.25) is 4.79 Å². The second-order valence-corrected chi connectivity index (χ2v) is 7.34. The molecule has 0 fully saturated rings. The van der Waals surface area contributed by atoms with Crippen molar-refractivity contribution in [3.05, 3.63) is 53.1 Å². The molecule has 0 N–H and O–H groups in total. The van der Waals surface area contributed by atoms with Gasteiger partial charge in [-0.2, -0.15) is 0 Å². The van der Waals surface area contributed by atoms with E-state index in [-0.39, 0.29) is 5.54 Å². The molecule has 1 unspecified atom stereocenters. The lowest BCUT2D eigenvalue weighted by Crippen LogP contribution is -2.45. The number of benzene rings is 2. The molecule has 126 valence electrons. The van der Waals surface area contributed by atoms with Crippen molar-refractivity contribution in [2.75, 3.05) is 12.0 Å². The Balaban J connectivity index is 2.18. The summed E-state index contributed by atoms with van der Waals surface area (Å²) in [5.41, 5.74) is 5.40. The molecule has 1 aliphatic heterocycles. The van der Waals surface area contributed by atoms with E-state index < -0.39 is 0 Å². The molecule has 0 aliphatic carbocycles. The molecule has 3 nitrogen and oxygen atoms in total. The summed E-state index contributed by atoms with van der Waals surface area (Å²) in [5.74, 6) is 1.28. The van der Waals surface area contributed by atoms with Gasteiger partial charge in [0.15, 0.2) is 0 Å². The minimum Gasteiger partial charge on any atom is -0.497 e. The molecule has 0 aromatic heterocycles. The van der Waals surface area contributed by atoms with Gasteiger partial charge in [0.25, 0.3) is 0 Å². The lowest BCUT2D eigenvalue weighted by molar-refractivity contribution is 0.112. The average Bonchev–Trinajstić information content (AvgIpc) is 2.54. The maximum Gasteiger partial charge on any atom is 0.150 e. The average molecular weight is 323 g/mol. The van der Waals surface area contributed by atoms with Crippen molar-refractivity contribution in [3.8, 4) is 5.75 Å². The summed E-state index contributed by atoms with van der Waals surface area (Å²) in [6, 6.07) is 12.4. The number of nitrogens with zero attached hydrogens (tertiary/aromatic N) is 1. The monoisotopic (exact) mass is 323 g/mol. The van der Waals surface area contributed by atoms with Crippen molar-refractivity contribution in [1.29, 1.82) is 0 Å². The molecule has 0 amide bonds. The van der Waals surface area contributed by atoms with Crippen LogP contribution >= 0.6 is 0 Å². The van der Waals surface area contributed by atoms with Crippen LogP contribution in [-0.2, 0) is 0 Å². The van der Waals surface area contributed by atoms with Crippen LogP contribution in [0.15, 0.2) is 36.4 Å². The van der Waals surface area contributed by atoms with Crippen molar-refractivity contribution >= 4 is 17.7 Å². The lowest BCUT2D eigenvalue weighted by atomic mass is 9.78. The topological polar surface area (TPSA) is 29.5 Å². The molecule has 2 aromatic rings. The molecule has 24 heavy (non-hydrogen) atoms. The number of aldehydes is 1. The first-order valence-corrected chi connectivity index (χ1v) is 8.41. The minimum atomic E-state index is -0.00383. The van der Waals surface area contributed by atoms with Gasteiger partial charge in [-0.15, -0.1) is 0 Å². The minimum absolute atomic E-state index is 0.00383. The van der Waals surface area contributed by atoms with Crippen LogP contribution in [0.2, 0.25) is 0 Å². The van der Waals surface area contributed by atoms with Gasteiger partial charge in [0.2, 0.25) is 0 Å². The third kappa shape index (κ3) is 2.68. The summed E-state index contributed by atoms with van der Waals surface area (Å²) >= 11 is 0. The van der Waals surface area contributed by atoms with E-state index in [2.05, 4.69) is 49.9 Å². The van der Waals surface area contributed by atoms with Gasteiger partial charge in [-0.05, 0) is 80.6 Å². The van der Waals surface area contributed by atoms with Crippen LogP contribution in [0.25, 0.3) is 0 Å². The summed E-state index contributed by atoms with van der Waals surface area (Å²) in [7, 11) is 1.68. The zero-order valence-corrected chi connectivity index (χ0v) is 15.1. The number of carbonyl (C=O) groups excluding carboxylic acids is 1. The molecule has 0 spiro atoms. The van der Waals surface area contributed by atoms with Gasteiger partial charge in [0, 0.05) is 22.5 Å². The van der Waals surface area contributed by atoms with E-state index in [1.54, 1.807) is 7.11 Å². The standard InChI is InChI=1S/C21H25NO2/c1-14-10-20-19(11-16(14)13-23)15(2)12-21(3,4)22(20)17-6-8-18(24-5)9-7-17/h6-11,13,15H,12H2,1-5H3. The third-order valence-corrected chi connectivity index (χ3v) is 5.06. The van der Waals surface area contributed by atoms with Crippen LogP contribution in [0.4, 0.5) is 11.4 Å². The van der Waals surface area contributed by atoms with Gasteiger partial charge in [-0.25, -0.2) is 0 Å². The number of hydrogen-bond acceptors (Lipinski definition) is 3. The zero-order chi connectivity index (χ0) is 17.5. The Hall–Kier alpha value is -2.29. The summed E-state index contributed by atoms with van der Waals surface area (Å²) in [6.07, 6.45) is 1.99. The quantitative estimate of drug-likeness (QED) is 0.723. The molecule has 3 heteroatoms. The Kier molecular flexibility index (Phi) is 4.12. The molecule has 1 heterocycles. The molecule has 3 rings (SSSR count). The number of methoxy groups -OCH3 is 1. The summed E-state index contributed by atoms with van der Waals surface area (Å²) in [6.45, 7) is 8.80. The molecule has 0 bridgehead atoms. The predicted molar refractivity (Wildman–Crippen MR) is 98.8 cm³/mol. The van der Waals surface area contributed by atoms with Crippen LogP contribution in [-0.4, -0.2) is 18.9 Å². The highest BCUT2D eigenvalue weighted by molar-refractivity contribution is 5.82. The van der Waals surface area contributed by atoms with Crippen LogP contribution in [0.1, 0.15) is 54.6 Å². The number of anilines is 2. The van der Waals surface area contributed by atoms with Crippen molar-refractivity contribution < 1.29 is 9.53 Å². The van der Waals surface area contributed by atoms with Crippen molar-refractivity contribution in [3.63, 3.8) is 0 Å². The van der Waals surface area contributed by atoms with Gasteiger partial charge in [-0.1, -0.05) is 6.92 Å². The first-order chi connectivity index (χ1) is 11.4. The van der Waals surface area contributed by atoms with Crippen molar-refractivity contribution in [2.24, 2.45) is 0 Å². The smallest absolute Gasteiger partial charge is 0.150 e. The van der Waals surface area contributed by atoms with Gasteiger partial charge in [0.1, 0.15) is 12.0 Å². The summed E-state index contributed by atoms with van der Waals surface area (Å²) in [5, 5.41) is 0. The molecule has 2 aromatic carbocycles. The predicted octanol–water partition coefficient (Wildman–Crippen LogP) is 5.24. The molecule has 1 atom stereocenters. The van der Waals surface area contributed by atoms with E-state index in [4.69, 9.17) is 4.74 Å². The summed E-state index contributed by atoms with van der Waals surface area (Å²) in [4.78, 5) is 13.7. The summed E-state index contributed by atoms with van der Waals surface area (Å²) < 4.78 is 5.29. The Morgan fingerprint density at radius 3 is 2.46 bits per heavy atom. The highest BCUT2D eigenvalue weighted by atomic mass is 16.5. The Labute approximate surface area is 144 Å². The molecule has 0 radical (unpaired) electrons. The SMILES string of the molecule is COc1ccc(N2c3cc(C)c(C=O)cc3C(C)CC2(C)C)cc1. The van der Waals surface area contributed by atoms with Gasteiger partial charge >= 0.3 is 0 Å². The Bertz CT molecular complexity index is 762. The fourth-order valence-corrected chi connectivity index (χ4v) is 3.94. The molecular weight excluding hydrogens is 298 g/mol. The number of rotatable bonds is 3. The van der Waals surface area contributed by atoms with E-state index in [1.807, 2.05) is 19.1 Å². The fraction of sp³-hybridized carbons (Fsp3) is 0.381. The second-order valence-electron chi connectivity index (χ2n) is 7.34. The number of aryl methyl sites for hydroxylation is 1. The van der Waals surface area contributed by atoms with E-state index in [0.29, 0.717) is 5.92 Å². The largest absolute Gasteiger partial charge is 0.497 e. The maximum absolute atomic E-state index is 11.3. The van der Waals surface area contributed by atoms with Crippen molar-refractivity contribution in [2.45, 2.75) is 45.6 Å². The van der Waals surface area contributed by atoms with Gasteiger partial charge in [0.05, 0.1) is 7.11 Å². The zero-order valence-electron chi connectivity index (χ0n) is 15.1. The molecular formula is C21H25NO2. The number of ether oxygens (including phenoxy) is 1. The fourth-order valence-electron chi connectivity index (χ4n) is 3.94. The van der Waals surface area contributed by atoms with Crippen LogP contribution < -0.4 is 9.64 Å². The van der Waals surface area contributed by atoms with E-state index >= 15 is 0 Å². The molecule has 0 saturated carbocycles. The van der Waals surface area contributed by atoms with Crippen LogP contribution in [0.3, 0.4) is 0 Å². The first-order valence-electron chi connectivity index (χ1n) is 8.41. The number of carbonyl (C=O) groups is 1. The number of hydrogen-bond donors (Lipinski definition) is 0. The third-order valence-electron chi connectivity index (χ3n) is 5.06. The van der Waals surface area contributed by atoms with E-state index in [0.717, 1.165) is 35.3 Å². The van der Waals surface area contributed by atoms with Crippen LogP contribution in [0, 0.1) is 6.92 Å². The first kappa shape index (κ1) is 16.6.